The van der Waals surface area contributed by atoms with Gasteiger partial charge < -0.3 is 15.0 Å². The number of amides is 3. The number of alkyl halides is 2. The van der Waals surface area contributed by atoms with Crippen molar-refractivity contribution in [3.63, 3.8) is 0 Å². The number of likely N-dealkylation sites (tertiary alicyclic amines) is 1. The Morgan fingerprint density at radius 1 is 1.07 bits per heavy atom. The van der Waals surface area contributed by atoms with Crippen molar-refractivity contribution < 1.29 is 27.9 Å². The highest BCUT2D eigenvalue weighted by Crippen LogP contribution is 2.36. The van der Waals surface area contributed by atoms with Crippen LogP contribution in [0.2, 0.25) is 0 Å². The lowest BCUT2D eigenvalue weighted by atomic mass is 9.85. The number of benzene rings is 1. The maximum absolute atomic E-state index is 14.0. The Hall–Kier alpha value is -5.73. The van der Waals surface area contributed by atoms with E-state index in [9.17, 15) is 28.0 Å². The van der Waals surface area contributed by atoms with E-state index in [-0.39, 0.29) is 54.4 Å². The van der Waals surface area contributed by atoms with E-state index in [0.717, 1.165) is 58.2 Å². The number of nitrogens with one attached hydrogen (secondary N) is 2. The molecule has 8 rings (SSSR count). The average Bonchev–Trinajstić information content (AvgIpc) is 3.89. The minimum Gasteiger partial charge on any atom is -0.365 e. The molecule has 2 N–H and O–H groups in total. The van der Waals surface area contributed by atoms with Crippen molar-refractivity contribution in [2.75, 3.05) is 31.6 Å². The van der Waals surface area contributed by atoms with Gasteiger partial charge in [-0.25, -0.2) is 23.1 Å². The molecule has 2 aliphatic heterocycles. The van der Waals surface area contributed by atoms with Gasteiger partial charge in [-0.1, -0.05) is 17.9 Å². The second kappa shape index (κ2) is 15.8. The summed E-state index contributed by atoms with van der Waals surface area (Å²) in [6.07, 6.45) is 9.04. The number of carbonyl (C=O) groups excluding carboxylic acids is 3. The molecule has 17 heteroatoms. The van der Waals surface area contributed by atoms with Crippen molar-refractivity contribution in [1.29, 1.82) is 0 Å². The van der Waals surface area contributed by atoms with Gasteiger partial charge in [-0.3, -0.25) is 33.5 Å². The van der Waals surface area contributed by atoms with E-state index >= 15 is 0 Å². The van der Waals surface area contributed by atoms with Crippen LogP contribution in [0.1, 0.15) is 91.5 Å². The summed E-state index contributed by atoms with van der Waals surface area (Å²) in [6.45, 7) is 3.04. The maximum atomic E-state index is 14.0. The first-order valence-corrected chi connectivity index (χ1v) is 19.0. The maximum Gasteiger partial charge on any atom is 0.329 e. The van der Waals surface area contributed by atoms with E-state index in [1.807, 2.05) is 6.07 Å². The van der Waals surface area contributed by atoms with Crippen molar-refractivity contribution in [3.8, 4) is 11.8 Å². The van der Waals surface area contributed by atoms with Gasteiger partial charge in [0.15, 0.2) is 11.3 Å². The summed E-state index contributed by atoms with van der Waals surface area (Å²) in [5, 5.41) is 13.3. The Morgan fingerprint density at radius 3 is 2.64 bits per heavy atom. The number of ether oxygens (including phenoxy) is 1. The van der Waals surface area contributed by atoms with Crippen LogP contribution < -0.4 is 16.3 Å². The molecule has 1 unspecified atom stereocenters. The number of halogens is 2. The van der Waals surface area contributed by atoms with Crippen LogP contribution in [-0.2, 0) is 21.4 Å². The molecule has 1 saturated carbocycles. The Bertz CT molecular complexity index is 2410. The van der Waals surface area contributed by atoms with Gasteiger partial charge in [0.1, 0.15) is 18.2 Å². The van der Waals surface area contributed by atoms with E-state index in [1.165, 1.54) is 32.2 Å². The number of rotatable bonds is 9. The van der Waals surface area contributed by atoms with Crippen molar-refractivity contribution >= 4 is 40.1 Å². The number of piperidine rings is 2. The van der Waals surface area contributed by atoms with Crippen LogP contribution in [0.3, 0.4) is 0 Å². The van der Waals surface area contributed by atoms with E-state index in [1.54, 1.807) is 36.1 Å². The minimum absolute atomic E-state index is 0.00971. The van der Waals surface area contributed by atoms with Gasteiger partial charge >= 0.3 is 5.69 Å². The molecule has 3 aliphatic rings. The van der Waals surface area contributed by atoms with E-state index < -0.39 is 30.0 Å². The van der Waals surface area contributed by atoms with Gasteiger partial charge in [0.2, 0.25) is 11.8 Å². The van der Waals surface area contributed by atoms with Gasteiger partial charge in [0.05, 0.1) is 40.6 Å². The second-order valence-electron chi connectivity index (χ2n) is 14.7. The number of nitrogens with zero attached hydrogens (tertiary/aromatic N) is 8. The summed E-state index contributed by atoms with van der Waals surface area (Å²) >= 11 is 0. The predicted molar refractivity (Wildman–Crippen MR) is 200 cm³/mol. The zero-order valence-corrected chi connectivity index (χ0v) is 30.9. The van der Waals surface area contributed by atoms with Gasteiger partial charge in [-0.05, 0) is 69.1 Å². The number of aryl methyl sites for hydroxylation is 1. The van der Waals surface area contributed by atoms with Crippen LogP contribution in [0.5, 0.6) is 0 Å². The molecular weight excluding hydrogens is 726 g/mol. The van der Waals surface area contributed by atoms with E-state index in [4.69, 9.17) is 4.74 Å². The van der Waals surface area contributed by atoms with Gasteiger partial charge in [0.25, 0.3) is 12.3 Å². The molecule has 2 saturated heterocycles. The topological polar surface area (TPSA) is 163 Å². The van der Waals surface area contributed by atoms with Crippen LogP contribution in [-0.4, -0.2) is 88.5 Å². The fraction of sp³-hybridized carbons (Fsp3) is 0.462. The van der Waals surface area contributed by atoms with Crippen LogP contribution in [0.4, 0.5) is 14.5 Å². The van der Waals surface area contributed by atoms with Crippen LogP contribution >= 0.6 is 0 Å². The third-order valence-corrected chi connectivity index (χ3v) is 11.2. The number of imidazole rings is 1. The van der Waals surface area contributed by atoms with Gasteiger partial charge in [0, 0.05) is 51.7 Å². The normalized spacial score (nSPS) is 21.0. The highest BCUT2D eigenvalue weighted by atomic mass is 19.3. The van der Waals surface area contributed by atoms with Crippen molar-refractivity contribution in [3.05, 3.63) is 76.4 Å². The standard InChI is InChI=1S/C39H42F2N10O5/c1-47-34-25(5-2-7-30(34)51(39(47)55)31-12-13-32(52)45-38(31)54)6-3-20-56-27-14-18-48(19-15-27)22-24-8-10-26(11-9-24)50-23-29(33(46-50)35(40)41)44-37(53)28-21-43-49-17-4-16-42-36(28)49/h2,4-5,7,16-17,21,23-24,26-27,31,35H,8-15,18-20,22H2,1H3,(H,44,53)(H,45,52,54)/t24-,26-,31?. The molecule has 5 aromatic rings. The number of aromatic nitrogens is 7. The van der Waals surface area contributed by atoms with Gasteiger partial charge in [-0.2, -0.15) is 10.2 Å². The smallest absolute Gasteiger partial charge is 0.329 e. The second-order valence-corrected chi connectivity index (χ2v) is 14.7. The van der Waals surface area contributed by atoms with Crippen molar-refractivity contribution in [1.82, 2.24) is 43.7 Å². The quantitative estimate of drug-likeness (QED) is 0.167. The fourth-order valence-electron chi connectivity index (χ4n) is 8.30. The number of para-hydroxylation sites is 1. The molecule has 1 aliphatic carbocycles. The third kappa shape index (κ3) is 7.46. The molecule has 0 radical (unpaired) electrons. The zero-order chi connectivity index (χ0) is 38.9. The minimum atomic E-state index is -2.85. The number of fused-ring (bicyclic) bond motifs is 2. The summed E-state index contributed by atoms with van der Waals surface area (Å²) in [4.78, 5) is 57.1. The SMILES string of the molecule is Cn1c(=O)n(C2CCC(=O)NC2=O)c2cccc(C#CCOC3CCN(C[C@H]4CC[C@H](n5cc(NC(=O)c6cnn7cccnc67)c(C(F)F)n5)CC4)CC3)c21. The summed E-state index contributed by atoms with van der Waals surface area (Å²) < 4.78 is 40.1. The Kier molecular flexibility index (Phi) is 10.5. The molecule has 0 spiro atoms. The number of carbonyl (C=O) groups is 3. The number of hydrogen-bond donors (Lipinski definition) is 2. The lowest BCUT2D eigenvalue weighted by Crippen LogP contribution is -2.44. The number of imide groups is 1. The zero-order valence-electron chi connectivity index (χ0n) is 30.9. The third-order valence-electron chi connectivity index (χ3n) is 11.2. The van der Waals surface area contributed by atoms with E-state index in [0.29, 0.717) is 28.2 Å². The summed E-state index contributed by atoms with van der Waals surface area (Å²) in [7, 11) is 1.65. The molecule has 56 heavy (non-hydrogen) atoms. The molecule has 4 aromatic heterocycles. The first-order chi connectivity index (χ1) is 27.1. The van der Waals surface area contributed by atoms with Crippen LogP contribution in [0.15, 0.2) is 53.8 Å². The van der Waals surface area contributed by atoms with Crippen molar-refractivity contribution in [2.45, 2.75) is 76.0 Å². The molecular formula is C39H42F2N10O5. The molecule has 1 atom stereocenters. The molecule has 6 heterocycles. The molecule has 292 valence electrons. The molecule has 3 amide bonds. The lowest BCUT2D eigenvalue weighted by Gasteiger charge is -2.36. The Labute approximate surface area is 320 Å². The highest BCUT2D eigenvalue weighted by Gasteiger charge is 2.32. The largest absolute Gasteiger partial charge is 0.365 e. The number of anilines is 1. The van der Waals surface area contributed by atoms with Crippen LogP contribution in [0, 0.1) is 17.8 Å². The summed E-state index contributed by atoms with van der Waals surface area (Å²) in [5.41, 5.74) is 1.61. The average molecular weight is 769 g/mol. The van der Waals surface area contributed by atoms with Gasteiger partial charge in [-0.15, -0.1) is 0 Å². The highest BCUT2D eigenvalue weighted by molar-refractivity contribution is 6.08. The number of hydrogen-bond acceptors (Lipinski definition) is 9. The summed E-state index contributed by atoms with van der Waals surface area (Å²) in [5.74, 6) is 5.37. The van der Waals surface area contributed by atoms with Crippen LogP contribution in [0.25, 0.3) is 16.7 Å². The Morgan fingerprint density at radius 2 is 1.88 bits per heavy atom. The molecule has 1 aromatic carbocycles. The predicted octanol–water partition coefficient (Wildman–Crippen LogP) is 4.01. The Balaban J connectivity index is 0.805. The first kappa shape index (κ1) is 37.2. The monoisotopic (exact) mass is 768 g/mol. The molecule has 15 nitrogen and oxygen atoms in total. The molecule has 0 bridgehead atoms. The summed E-state index contributed by atoms with van der Waals surface area (Å²) in [6, 6.07) is 6.32. The van der Waals surface area contributed by atoms with E-state index in [2.05, 4.69) is 42.6 Å². The fourth-order valence-corrected chi connectivity index (χ4v) is 8.30. The van der Waals surface area contributed by atoms with Crippen molar-refractivity contribution in [2.24, 2.45) is 13.0 Å². The molecule has 3 fully saturated rings. The first-order valence-electron chi connectivity index (χ1n) is 19.0. The lowest BCUT2D eigenvalue weighted by molar-refractivity contribution is -0.135.